The number of hydrogen-bond acceptors (Lipinski definition) is 4. The predicted octanol–water partition coefficient (Wildman–Crippen LogP) is 1.59. The summed E-state index contributed by atoms with van der Waals surface area (Å²) in [5, 5.41) is 3.54. The summed E-state index contributed by atoms with van der Waals surface area (Å²) in [6, 6.07) is 6.12. The maximum Gasteiger partial charge on any atom is 0.128 e. The van der Waals surface area contributed by atoms with Crippen LogP contribution in [0.3, 0.4) is 0 Å². The summed E-state index contributed by atoms with van der Waals surface area (Å²) in [6.45, 7) is 13.2. The lowest BCUT2D eigenvalue weighted by Crippen LogP contribution is -2.49. The van der Waals surface area contributed by atoms with Crippen LogP contribution in [-0.2, 0) is 0 Å². The van der Waals surface area contributed by atoms with Crippen molar-refractivity contribution >= 4 is 5.82 Å². The van der Waals surface area contributed by atoms with Gasteiger partial charge >= 0.3 is 0 Å². The number of nitrogens with zero attached hydrogens (tertiary/aromatic N) is 3. The van der Waals surface area contributed by atoms with E-state index >= 15 is 0 Å². The van der Waals surface area contributed by atoms with E-state index in [1.807, 2.05) is 12.3 Å². The van der Waals surface area contributed by atoms with Crippen LogP contribution in [0.1, 0.15) is 20.8 Å². The van der Waals surface area contributed by atoms with Crippen LogP contribution in [0.5, 0.6) is 0 Å². The normalized spacial score (nSPS) is 17.7. The number of rotatable bonds is 4. The third-order valence-corrected chi connectivity index (χ3v) is 3.43. The Morgan fingerprint density at radius 3 is 2.47 bits per heavy atom. The molecule has 1 aromatic heterocycles. The first kappa shape index (κ1) is 14.3. The number of hydrogen-bond donors (Lipinski definition) is 1. The van der Waals surface area contributed by atoms with Crippen LogP contribution in [0, 0.1) is 0 Å². The van der Waals surface area contributed by atoms with Gasteiger partial charge in [0.1, 0.15) is 5.82 Å². The van der Waals surface area contributed by atoms with Crippen LogP contribution in [0.2, 0.25) is 0 Å². The summed E-state index contributed by atoms with van der Waals surface area (Å²) in [6.07, 6.45) is 1.87. The smallest absolute Gasteiger partial charge is 0.128 e. The largest absolute Gasteiger partial charge is 0.354 e. The number of aromatic nitrogens is 1. The monoisotopic (exact) mass is 262 g/mol. The molecule has 0 saturated carbocycles. The molecule has 0 radical (unpaired) electrons. The maximum atomic E-state index is 4.42. The van der Waals surface area contributed by atoms with Crippen LogP contribution in [-0.4, -0.2) is 54.7 Å². The Bertz CT molecular complexity index is 363. The zero-order valence-corrected chi connectivity index (χ0v) is 12.4. The molecule has 0 atom stereocenters. The van der Waals surface area contributed by atoms with Gasteiger partial charge in [0.25, 0.3) is 0 Å². The molecule has 19 heavy (non-hydrogen) atoms. The van der Waals surface area contributed by atoms with Crippen molar-refractivity contribution in [3.63, 3.8) is 0 Å². The Labute approximate surface area is 116 Å². The molecule has 4 heteroatoms. The topological polar surface area (TPSA) is 31.4 Å². The summed E-state index contributed by atoms with van der Waals surface area (Å²) in [5.41, 5.74) is 0.218. The molecule has 1 saturated heterocycles. The van der Waals surface area contributed by atoms with Crippen LogP contribution >= 0.6 is 0 Å². The van der Waals surface area contributed by atoms with E-state index in [-0.39, 0.29) is 5.54 Å². The standard InChI is InChI=1S/C15H26N4/c1-15(2,3)17-8-9-18-10-12-19(13-11-18)14-6-4-5-7-16-14/h4-7,17H,8-13H2,1-3H3. The molecule has 2 heterocycles. The fourth-order valence-corrected chi connectivity index (χ4v) is 2.33. The first-order chi connectivity index (χ1) is 9.04. The zero-order chi connectivity index (χ0) is 13.7. The minimum atomic E-state index is 0.218. The van der Waals surface area contributed by atoms with E-state index in [4.69, 9.17) is 0 Å². The summed E-state index contributed by atoms with van der Waals surface area (Å²) >= 11 is 0. The number of piperazine rings is 1. The van der Waals surface area contributed by atoms with E-state index in [9.17, 15) is 0 Å². The fraction of sp³-hybridized carbons (Fsp3) is 0.667. The van der Waals surface area contributed by atoms with Crippen molar-refractivity contribution in [1.82, 2.24) is 15.2 Å². The van der Waals surface area contributed by atoms with Crippen molar-refractivity contribution < 1.29 is 0 Å². The van der Waals surface area contributed by atoms with Crippen molar-refractivity contribution in [2.24, 2.45) is 0 Å². The molecule has 1 N–H and O–H groups in total. The van der Waals surface area contributed by atoms with Crippen molar-refractivity contribution in [3.05, 3.63) is 24.4 Å². The van der Waals surface area contributed by atoms with Crippen LogP contribution in [0.4, 0.5) is 5.82 Å². The second-order valence-corrected chi connectivity index (χ2v) is 6.19. The van der Waals surface area contributed by atoms with Gasteiger partial charge in [-0.15, -0.1) is 0 Å². The van der Waals surface area contributed by atoms with Crippen molar-refractivity contribution in [2.75, 3.05) is 44.2 Å². The molecular weight excluding hydrogens is 236 g/mol. The minimum Gasteiger partial charge on any atom is -0.354 e. The average molecular weight is 262 g/mol. The van der Waals surface area contributed by atoms with Gasteiger partial charge in [0.15, 0.2) is 0 Å². The minimum absolute atomic E-state index is 0.218. The van der Waals surface area contributed by atoms with Gasteiger partial charge in [0.05, 0.1) is 0 Å². The molecular formula is C15H26N4. The highest BCUT2D eigenvalue weighted by molar-refractivity contribution is 5.38. The lowest BCUT2D eigenvalue weighted by Gasteiger charge is -2.36. The molecule has 2 rings (SSSR count). The van der Waals surface area contributed by atoms with E-state index in [0.717, 1.165) is 45.1 Å². The highest BCUT2D eigenvalue weighted by atomic mass is 15.3. The van der Waals surface area contributed by atoms with Gasteiger partial charge in [-0.3, -0.25) is 4.90 Å². The van der Waals surface area contributed by atoms with Gasteiger partial charge in [0.2, 0.25) is 0 Å². The van der Waals surface area contributed by atoms with E-state index in [2.05, 4.69) is 53.0 Å². The molecule has 0 unspecified atom stereocenters. The molecule has 0 amide bonds. The number of nitrogens with one attached hydrogen (secondary N) is 1. The SMILES string of the molecule is CC(C)(C)NCCN1CCN(c2ccccn2)CC1. The first-order valence-corrected chi connectivity index (χ1v) is 7.18. The Kier molecular flexibility index (Phi) is 4.77. The maximum absolute atomic E-state index is 4.42. The summed E-state index contributed by atoms with van der Waals surface area (Å²) in [4.78, 5) is 9.31. The number of anilines is 1. The zero-order valence-electron chi connectivity index (χ0n) is 12.4. The lowest BCUT2D eigenvalue weighted by molar-refractivity contribution is 0.247. The quantitative estimate of drug-likeness (QED) is 0.893. The second-order valence-electron chi connectivity index (χ2n) is 6.19. The van der Waals surface area contributed by atoms with Crippen LogP contribution in [0.15, 0.2) is 24.4 Å². The molecule has 0 spiro atoms. The van der Waals surface area contributed by atoms with Gasteiger partial charge in [-0.05, 0) is 32.9 Å². The molecule has 1 fully saturated rings. The lowest BCUT2D eigenvalue weighted by atomic mass is 10.1. The fourth-order valence-electron chi connectivity index (χ4n) is 2.33. The van der Waals surface area contributed by atoms with E-state index in [0.29, 0.717) is 0 Å². The van der Waals surface area contributed by atoms with Crippen molar-refractivity contribution in [3.8, 4) is 0 Å². The summed E-state index contributed by atoms with van der Waals surface area (Å²) < 4.78 is 0. The molecule has 0 aliphatic carbocycles. The first-order valence-electron chi connectivity index (χ1n) is 7.18. The van der Waals surface area contributed by atoms with Gasteiger partial charge in [-0.2, -0.15) is 0 Å². The molecule has 1 aliphatic rings. The molecule has 1 aromatic rings. The Hall–Kier alpha value is -1.13. The second kappa shape index (κ2) is 6.35. The Balaban J connectivity index is 1.71. The third-order valence-electron chi connectivity index (χ3n) is 3.43. The Morgan fingerprint density at radius 1 is 1.16 bits per heavy atom. The summed E-state index contributed by atoms with van der Waals surface area (Å²) in [7, 11) is 0. The van der Waals surface area contributed by atoms with E-state index in [1.165, 1.54) is 0 Å². The molecule has 0 aromatic carbocycles. The van der Waals surface area contributed by atoms with Crippen molar-refractivity contribution in [2.45, 2.75) is 26.3 Å². The van der Waals surface area contributed by atoms with E-state index in [1.54, 1.807) is 0 Å². The van der Waals surface area contributed by atoms with Crippen molar-refractivity contribution in [1.29, 1.82) is 0 Å². The molecule has 106 valence electrons. The summed E-state index contributed by atoms with van der Waals surface area (Å²) in [5.74, 6) is 1.11. The van der Waals surface area contributed by atoms with E-state index < -0.39 is 0 Å². The van der Waals surface area contributed by atoms with Gasteiger partial charge in [0, 0.05) is 51.0 Å². The van der Waals surface area contributed by atoms with Gasteiger partial charge in [-0.25, -0.2) is 4.98 Å². The van der Waals surface area contributed by atoms with Crippen LogP contribution < -0.4 is 10.2 Å². The highest BCUT2D eigenvalue weighted by Crippen LogP contribution is 2.12. The molecule has 0 bridgehead atoms. The highest BCUT2D eigenvalue weighted by Gasteiger charge is 2.18. The molecule has 4 nitrogen and oxygen atoms in total. The number of pyridine rings is 1. The van der Waals surface area contributed by atoms with Gasteiger partial charge < -0.3 is 10.2 Å². The molecule has 1 aliphatic heterocycles. The van der Waals surface area contributed by atoms with Gasteiger partial charge in [-0.1, -0.05) is 6.07 Å². The third kappa shape index (κ3) is 4.80. The Morgan fingerprint density at radius 2 is 1.89 bits per heavy atom. The predicted molar refractivity (Wildman–Crippen MR) is 80.6 cm³/mol. The van der Waals surface area contributed by atoms with Crippen LogP contribution in [0.25, 0.3) is 0 Å². The average Bonchev–Trinajstić information content (AvgIpc) is 2.39.